The first kappa shape index (κ1) is 7.86. The molecule has 0 amide bonds. The van der Waals surface area contributed by atoms with E-state index < -0.39 is 0 Å². The Balaban J connectivity index is 2.15. The molecular formula is C7H13NO2S. The molecular weight excluding hydrogens is 162 g/mol. The molecule has 64 valence electrons. The van der Waals surface area contributed by atoms with Crippen LogP contribution in [0.5, 0.6) is 0 Å². The highest BCUT2D eigenvalue weighted by molar-refractivity contribution is 7.77. The molecule has 4 atom stereocenters. The van der Waals surface area contributed by atoms with Crippen LogP contribution >= 0.6 is 12.8 Å². The third-order valence-electron chi connectivity index (χ3n) is 2.57. The summed E-state index contributed by atoms with van der Waals surface area (Å²) in [7, 11) is 0. The standard InChI is InChI=1S/C7H13NO2S/c1-4-2-8(11)6-5(9)3-10-7(4)6/h4-7,9,11H,2-3H2,1H3/t4-,5+,6?,7-/m1/s1. The molecule has 1 unspecified atom stereocenters. The normalized spacial score (nSPS) is 51.5. The van der Waals surface area contributed by atoms with Gasteiger partial charge in [0.2, 0.25) is 0 Å². The maximum Gasteiger partial charge on any atom is 0.0963 e. The largest absolute Gasteiger partial charge is 0.389 e. The first-order valence-electron chi connectivity index (χ1n) is 3.95. The fourth-order valence-electron chi connectivity index (χ4n) is 2.02. The minimum absolute atomic E-state index is 0.119. The highest BCUT2D eigenvalue weighted by atomic mass is 32.1. The molecule has 2 fully saturated rings. The Morgan fingerprint density at radius 2 is 2.36 bits per heavy atom. The van der Waals surface area contributed by atoms with Crippen molar-refractivity contribution in [3.05, 3.63) is 0 Å². The molecule has 2 aliphatic heterocycles. The molecule has 0 saturated carbocycles. The van der Waals surface area contributed by atoms with Crippen molar-refractivity contribution in [3.8, 4) is 0 Å². The van der Waals surface area contributed by atoms with Gasteiger partial charge in [0.25, 0.3) is 0 Å². The number of fused-ring (bicyclic) bond motifs is 1. The minimum atomic E-state index is -0.345. The summed E-state index contributed by atoms with van der Waals surface area (Å²) in [5, 5.41) is 9.47. The van der Waals surface area contributed by atoms with Gasteiger partial charge in [-0.05, 0) is 5.92 Å². The van der Waals surface area contributed by atoms with Gasteiger partial charge in [-0.25, -0.2) is 4.31 Å². The Kier molecular flexibility index (Phi) is 1.87. The van der Waals surface area contributed by atoms with Crippen LogP contribution in [0.25, 0.3) is 0 Å². The molecule has 0 aromatic heterocycles. The van der Waals surface area contributed by atoms with Gasteiger partial charge in [-0.3, -0.25) is 0 Å². The number of thiol groups is 1. The maximum absolute atomic E-state index is 9.47. The fourth-order valence-corrected chi connectivity index (χ4v) is 2.56. The highest BCUT2D eigenvalue weighted by Gasteiger charge is 2.47. The van der Waals surface area contributed by atoms with E-state index in [9.17, 15) is 5.11 Å². The van der Waals surface area contributed by atoms with Crippen molar-refractivity contribution in [3.63, 3.8) is 0 Å². The molecule has 0 aliphatic carbocycles. The van der Waals surface area contributed by atoms with Crippen molar-refractivity contribution in [2.24, 2.45) is 5.92 Å². The van der Waals surface area contributed by atoms with Crippen LogP contribution in [0.15, 0.2) is 0 Å². The lowest BCUT2D eigenvalue weighted by Gasteiger charge is -2.18. The lowest BCUT2D eigenvalue weighted by atomic mass is 10.0. The topological polar surface area (TPSA) is 32.7 Å². The van der Waals surface area contributed by atoms with Crippen LogP contribution in [-0.4, -0.2) is 40.8 Å². The van der Waals surface area contributed by atoms with Crippen molar-refractivity contribution < 1.29 is 9.84 Å². The van der Waals surface area contributed by atoms with E-state index >= 15 is 0 Å². The van der Waals surface area contributed by atoms with Gasteiger partial charge in [-0.1, -0.05) is 19.7 Å². The molecule has 0 spiro atoms. The molecule has 4 heteroatoms. The van der Waals surface area contributed by atoms with E-state index in [1.54, 1.807) is 0 Å². The van der Waals surface area contributed by atoms with Crippen LogP contribution in [0, 0.1) is 5.92 Å². The summed E-state index contributed by atoms with van der Waals surface area (Å²) in [6, 6.07) is 0.119. The summed E-state index contributed by atoms with van der Waals surface area (Å²) in [6.07, 6.45) is -0.148. The van der Waals surface area contributed by atoms with E-state index in [-0.39, 0.29) is 18.2 Å². The zero-order valence-corrected chi connectivity index (χ0v) is 7.37. The smallest absolute Gasteiger partial charge is 0.0963 e. The predicted molar refractivity (Wildman–Crippen MR) is 44.4 cm³/mol. The molecule has 2 rings (SSSR count). The summed E-state index contributed by atoms with van der Waals surface area (Å²) in [5.74, 6) is 0.495. The Labute approximate surface area is 71.9 Å². The number of hydrogen-bond acceptors (Lipinski definition) is 4. The van der Waals surface area contributed by atoms with E-state index in [0.717, 1.165) is 6.54 Å². The summed E-state index contributed by atoms with van der Waals surface area (Å²) < 4.78 is 7.33. The first-order valence-corrected chi connectivity index (χ1v) is 4.35. The monoisotopic (exact) mass is 175 g/mol. The van der Waals surface area contributed by atoms with Crippen molar-refractivity contribution in [2.75, 3.05) is 13.2 Å². The van der Waals surface area contributed by atoms with Gasteiger partial charge in [0.1, 0.15) is 0 Å². The van der Waals surface area contributed by atoms with Crippen molar-refractivity contribution in [1.82, 2.24) is 4.31 Å². The van der Waals surface area contributed by atoms with Gasteiger partial charge in [0.15, 0.2) is 0 Å². The van der Waals surface area contributed by atoms with Crippen molar-refractivity contribution >= 4 is 12.8 Å². The molecule has 2 aliphatic rings. The first-order chi connectivity index (χ1) is 5.20. The number of nitrogens with zero attached hydrogens (tertiary/aromatic N) is 1. The van der Waals surface area contributed by atoms with Crippen molar-refractivity contribution in [1.29, 1.82) is 0 Å². The maximum atomic E-state index is 9.47. The summed E-state index contributed by atoms with van der Waals surface area (Å²) >= 11 is 4.28. The molecule has 0 bridgehead atoms. The molecule has 3 nitrogen and oxygen atoms in total. The molecule has 0 aromatic carbocycles. The van der Waals surface area contributed by atoms with E-state index in [0.29, 0.717) is 12.5 Å². The predicted octanol–water partition coefficient (Wildman–Crippen LogP) is -0.0888. The Morgan fingerprint density at radius 3 is 3.00 bits per heavy atom. The van der Waals surface area contributed by atoms with Gasteiger partial charge in [0.05, 0.1) is 24.9 Å². The number of hydrogen-bond donors (Lipinski definition) is 2. The molecule has 11 heavy (non-hydrogen) atoms. The van der Waals surface area contributed by atoms with Gasteiger partial charge in [0, 0.05) is 6.54 Å². The van der Waals surface area contributed by atoms with Crippen LogP contribution in [0.3, 0.4) is 0 Å². The second-order valence-electron chi connectivity index (χ2n) is 3.46. The zero-order chi connectivity index (χ0) is 8.01. The van der Waals surface area contributed by atoms with Gasteiger partial charge < -0.3 is 9.84 Å². The van der Waals surface area contributed by atoms with Crippen molar-refractivity contribution in [2.45, 2.75) is 25.2 Å². The lowest BCUT2D eigenvalue weighted by molar-refractivity contribution is 0.0668. The minimum Gasteiger partial charge on any atom is -0.389 e. The average molecular weight is 175 g/mol. The van der Waals surface area contributed by atoms with Gasteiger partial charge >= 0.3 is 0 Å². The Morgan fingerprint density at radius 1 is 1.64 bits per heavy atom. The number of aliphatic hydroxyl groups is 1. The van der Waals surface area contributed by atoms with E-state index in [1.165, 1.54) is 0 Å². The number of aliphatic hydroxyl groups excluding tert-OH is 1. The van der Waals surface area contributed by atoms with Crippen LogP contribution in [0.4, 0.5) is 0 Å². The number of ether oxygens (including phenoxy) is 1. The van der Waals surface area contributed by atoms with Crippen LogP contribution < -0.4 is 0 Å². The quantitative estimate of drug-likeness (QED) is 0.505. The molecule has 2 saturated heterocycles. The fraction of sp³-hybridized carbons (Fsp3) is 1.00. The van der Waals surface area contributed by atoms with Crippen LogP contribution in [0.2, 0.25) is 0 Å². The molecule has 2 heterocycles. The molecule has 0 radical (unpaired) electrons. The Bertz CT molecular complexity index is 167. The summed E-state index contributed by atoms with van der Waals surface area (Å²) in [4.78, 5) is 0. The average Bonchev–Trinajstić information content (AvgIpc) is 2.41. The summed E-state index contributed by atoms with van der Waals surface area (Å²) in [6.45, 7) is 3.51. The number of rotatable bonds is 0. The Hall–Kier alpha value is 0.230. The highest BCUT2D eigenvalue weighted by Crippen LogP contribution is 2.33. The van der Waals surface area contributed by atoms with Gasteiger partial charge in [-0.2, -0.15) is 0 Å². The zero-order valence-electron chi connectivity index (χ0n) is 6.47. The lowest BCUT2D eigenvalue weighted by Crippen LogP contribution is -2.35. The SMILES string of the molecule is C[C@@H]1CN(S)C2[C@@H](O)CO[C@@H]21. The van der Waals surface area contributed by atoms with Gasteiger partial charge in [-0.15, -0.1) is 0 Å². The van der Waals surface area contributed by atoms with Crippen LogP contribution in [-0.2, 0) is 4.74 Å². The third-order valence-corrected chi connectivity index (χ3v) is 3.00. The third kappa shape index (κ3) is 1.09. The molecule has 1 N–H and O–H groups in total. The summed E-state index contributed by atoms with van der Waals surface area (Å²) in [5.41, 5.74) is 0. The second kappa shape index (κ2) is 2.62. The second-order valence-corrected chi connectivity index (χ2v) is 3.97. The van der Waals surface area contributed by atoms with E-state index in [4.69, 9.17) is 4.74 Å². The van der Waals surface area contributed by atoms with E-state index in [1.807, 2.05) is 4.31 Å². The van der Waals surface area contributed by atoms with E-state index in [2.05, 4.69) is 19.7 Å². The van der Waals surface area contributed by atoms with Crippen LogP contribution in [0.1, 0.15) is 6.92 Å². The molecule has 0 aromatic rings.